The molecule has 6 heteroatoms. The number of ether oxygens (including phenoxy) is 1. The molecule has 0 spiro atoms. The van der Waals surface area contributed by atoms with Gasteiger partial charge < -0.3 is 15.2 Å². The predicted molar refractivity (Wildman–Crippen MR) is 75.5 cm³/mol. The molecule has 21 heavy (non-hydrogen) atoms. The summed E-state index contributed by atoms with van der Waals surface area (Å²) in [6, 6.07) is 4.64. The molecule has 0 aliphatic heterocycles. The summed E-state index contributed by atoms with van der Waals surface area (Å²) in [5, 5.41) is 11.6. The zero-order chi connectivity index (χ0) is 15.8. The minimum atomic E-state index is -1.10. The van der Waals surface area contributed by atoms with Crippen molar-refractivity contribution in [1.29, 1.82) is 0 Å². The predicted octanol–water partition coefficient (Wildman–Crippen LogP) is 1.93. The van der Waals surface area contributed by atoms with Crippen LogP contribution < -0.4 is 5.32 Å². The summed E-state index contributed by atoms with van der Waals surface area (Å²) in [5.41, 5.74) is 0.660. The van der Waals surface area contributed by atoms with E-state index in [1.807, 2.05) is 6.92 Å². The number of benzene rings is 1. The highest BCUT2D eigenvalue weighted by molar-refractivity contribution is 5.88. The Morgan fingerprint density at radius 1 is 1.33 bits per heavy atom. The molecule has 0 radical (unpaired) electrons. The average Bonchev–Trinajstić information content (AvgIpc) is 2.46. The van der Waals surface area contributed by atoms with Gasteiger partial charge in [0.1, 0.15) is 11.9 Å². The van der Waals surface area contributed by atoms with Crippen molar-refractivity contribution in [2.24, 2.45) is 0 Å². The van der Waals surface area contributed by atoms with Gasteiger partial charge in [-0.05, 0) is 24.1 Å². The van der Waals surface area contributed by atoms with Crippen molar-refractivity contribution in [3.8, 4) is 0 Å². The van der Waals surface area contributed by atoms with Gasteiger partial charge in [-0.2, -0.15) is 0 Å². The smallest absolute Gasteiger partial charge is 0.326 e. The molecule has 0 saturated heterocycles. The number of carboxylic acids is 1. The molecular weight excluding hydrogens is 277 g/mol. The van der Waals surface area contributed by atoms with Crippen molar-refractivity contribution in [3.63, 3.8) is 0 Å². The van der Waals surface area contributed by atoms with Crippen LogP contribution in [0, 0.1) is 5.82 Å². The van der Waals surface area contributed by atoms with Crippen LogP contribution in [0.4, 0.5) is 4.39 Å². The maximum absolute atomic E-state index is 12.9. The van der Waals surface area contributed by atoms with Gasteiger partial charge in [-0.15, -0.1) is 0 Å². The number of rotatable bonds is 8. The molecule has 1 aromatic rings. The summed E-state index contributed by atoms with van der Waals surface area (Å²) in [6.07, 6.45) is 0.686. The van der Waals surface area contributed by atoms with Gasteiger partial charge in [0.2, 0.25) is 5.91 Å². The number of carbonyl (C=O) groups excluding carboxylic acids is 1. The highest BCUT2D eigenvalue weighted by Crippen LogP contribution is 2.20. The van der Waals surface area contributed by atoms with Gasteiger partial charge in [-0.3, -0.25) is 4.79 Å². The van der Waals surface area contributed by atoms with Gasteiger partial charge in [0.25, 0.3) is 0 Å². The van der Waals surface area contributed by atoms with Crippen LogP contribution in [-0.2, 0) is 14.3 Å². The molecule has 0 saturated carbocycles. The Hall–Kier alpha value is -1.95. The van der Waals surface area contributed by atoms with Crippen molar-refractivity contribution in [2.75, 3.05) is 13.7 Å². The number of halogens is 1. The first-order valence-corrected chi connectivity index (χ1v) is 6.77. The average molecular weight is 297 g/mol. The van der Waals surface area contributed by atoms with E-state index < -0.39 is 17.9 Å². The van der Waals surface area contributed by atoms with Crippen molar-refractivity contribution >= 4 is 11.9 Å². The third kappa shape index (κ3) is 5.15. The molecule has 2 atom stereocenters. The fourth-order valence-electron chi connectivity index (χ4n) is 2.03. The maximum atomic E-state index is 12.9. The summed E-state index contributed by atoms with van der Waals surface area (Å²) in [5.74, 6) is -2.37. The van der Waals surface area contributed by atoms with Crippen LogP contribution in [0.3, 0.4) is 0 Å². The second-order valence-corrected chi connectivity index (χ2v) is 4.69. The van der Waals surface area contributed by atoms with Gasteiger partial charge in [0.05, 0.1) is 5.92 Å². The molecule has 5 nitrogen and oxygen atoms in total. The Morgan fingerprint density at radius 3 is 2.43 bits per heavy atom. The van der Waals surface area contributed by atoms with Crippen molar-refractivity contribution in [1.82, 2.24) is 5.32 Å². The number of hydrogen-bond donors (Lipinski definition) is 2. The standard InChI is InChI=1S/C15H20FNO4/c1-3-12(10-4-6-11(16)7-5-10)14(18)17-13(15(19)20)8-9-21-2/h4-7,12-13H,3,8-9H2,1-2H3,(H,17,18)(H,19,20). The lowest BCUT2D eigenvalue weighted by molar-refractivity contribution is -0.142. The molecule has 1 rings (SSSR count). The maximum Gasteiger partial charge on any atom is 0.326 e. The highest BCUT2D eigenvalue weighted by atomic mass is 19.1. The second-order valence-electron chi connectivity index (χ2n) is 4.69. The normalized spacial score (nSPS) is 13.5. The van der Waals surface area contributed by atoms with Crippen molar-refractivity contribution in [3.05, 3.63) is 35.6 Å². The number of methoxy groups -OCH3 is 1. The second kappa shape index (κ2) is 8.36. The van der Waals surface area contributed by atoms with Gasteiger partial charge in [-0.25, -0.2) is 9.18 Å². The van der Waals surface area contributed by atoms with E-state index in [0.717, 1.165) is 0 Å². The van der Waals surface area contributed by atoms with E-state index in [2.05, 4.69) is 5.32 Å². The molecule has 0 aromatic heterocycles. The van der Waals surface area contributed by atoms with Crippen LogP contribution in [0.25, 0.3) is 0 Å². The largest absolute Gasteiger partial charge is 0.480 e. The Morgan fingerprint density at radius 2 is 1.95 bits per heavy atom. The van der Waals surface area contributed by atoms with E-state index in [4.69, 9.17) is 9.84 Å². The monoisotopic (exact) mass is 297 g/mol. The van der Waals surface area contributed by atoms with E-state index in [-0.39, 0.29) is 24.8 Å². The van der Waals surface area contributed by atoms with E-state index >= 15 is 0 Å². The molecule has 2 N–H and O–H groups in total. The number of aliphatic carboxylic acids is 1. The van der Waals surface area contributed by atoms with Crippen molar-refractivity contribution < 1.29 is 23.8 Å². The Bertz CT molecular complexity index is 475. The Kier molecular flexibility index (Phi) is 6.81. The molecule has 0 aliphatic carbocycles. The summed E-state index contributed by atoms with van der Waals surface area (Å²) in [4.78, 5) is 23.3. The Balaban J connectivity index is 2.77. The first-order valence-electron chi connectivity index (χ1n) is 6.77. The lowest BCUT2D eigenvalue weighted by atomic mass is 9.95. The van der Waals surface area contributed by atoms with Gasteiger partial charge in [-0.1, -0.05) is 19.1 Å². The molecule has 1 aromatic carbocycles. The third-order valence-electron chi connectivity index (χ3n) is 3.22. The quantitative estimate of drug-likeness (QED) is 0.768. The topological polar surface area (TPSA) is 75.6 Å². The van der Waals surface area contributed by atoms with E-state index in [0.29, 0.717) is 12.0 Å². The molecule has 0 fully saturated rings. The number of carboxylic acid groups (broad SMARTS) is 1. The van der Waals surface area contributed by atoms with Crippen LogP contribution >= 0.6 is 0 Å². The molecule has 1 amide bonds. The lowest BCUT2D eigenvalue weighted by Gasteiger charge is -2.19. The number of amides is 1. The summed E-state index contributed by atoms with van der Waals surface area (Å²) in [7, 11) is 1.47. The zero-order valence-corrected chi connectivity index (χ0v) is 12.1. The third-order valence-corrected chi connectivity index (χ3v) is 3.22. The molecule has 116 valence electrons. The molecular formula is C15H20FNO4. The van der Waals surface area contributed by atoms with Gasteiger partial charge in [0, 0.05) is 20.1 Å². The van der Waals surface area contributed by atoms with Crippen LogP contribution in [0.1, 0.15) is 31.2 Å². The van der Waals surface area contributed by atoms with Crippen molar-refractivity contribution in [2.45, 2.75) is 31.7 Å². The van der Waals surface area contributed by atoms with E-state index in [1.54, 1.807) is 0 Å². The van der Waals surface area contributed by atoms with E-state index in [1.165, 1.54) is 31.4 Å². The SMILES string of the molecule is CCC(C(=O)NC(CCOC)C(=O)O)c1ccc(F)cc1. The van der Waals surface area contributed by atoms with Crippen LogP contribution in [0.15, 0.2) is 24.3 Å². The number of nitrogens with one attached hydrogen (secondary N) is 1. The summed E-state index contributed by atoms with van der Waals surface area (Å²) in [6.45, 7) is 2.06. The first kappa shape index (κ1) is 17.1. The highest BCUT2D eigenvalue weighted by Gasteiger charge is 2.25. The van der Waals surface area contributed by atoms with Crippen LogP contribution in [-0.4, -0.2) is 36.7 Å². The minimum Gasteiger partial charge on any atom is -0.480 e. The Labute approximate surface area is 123 Å². The van der Waals surface area contributed by atoms with E-state index in [9.17, 15) is 14.0 Å². The lowest BCUT2D eigenvalue weighted by Crippen LogP contribution is -2.43. The minimum absolute atomic E-state index is 0.192. The van der Waals surface area contributed by atoms with Gasteiger partial charge in [0.15, 0.2) is 0 Å². The van der Waals surface area contributed by atoms with Gasteiger partial charge >= 0.3 is 5.97 Å². The molecule has 0 bridgehead atoms. The number of hydrogen-bond acceptors (Lipinski definition) is 3. The van der Waals surface area contributed by atoms with Crippen LogP contribution in [0.5, 0.6) is 0 Å². The number of carbonyl (C=O) groups is 2. The molecule has 2 unspecified atom stereocenters. The first-order chi connectivity index (χ1) is 9.99. The fraction of sp³-hybridized carbons (Fsp3) is 0.467. The summed E-state index contributed by atoms with van der Waals surface area (Å²) < 4.78 is 17.8. The zero-order valence-electron chi connectivity index (χ0n) is 12.1. The fourth-order valence-corrected chi connectivity index (χ4v) is 2.03. The summed E-state index contributed by atoms with van der Waals surface area (Å²) >= 11 is 0. The van der Waals surface area contributed by atoms with Crippen LogP contribution in [0.2, 0.25) is 0 Å². The molecule has 0 heterocycles. The molecule has 0 aliphatic rings.